The van der Waals surface area contributed by atoms with Crippen molar-refractivity contribution in [2.45, 2.75) is 19.4 Å². The maximum atomic E-state index is 13.0. The van der Waals surface area contributed by atoms with E-state index in [-0.39, 0.29) is 5.78 Å². The number of hydrogen-bond acceptors (Lipinski definition) is 4. The van der Waals surface area contributed by atoms with Crippen molar-refractivity contribution < 1.29 is 19.0 Å². The minimum atomic E-state index is -0.492. The van der Waals surface area contributed by atoms with Gasteiger partial charge in [-0.2, -0.15) is 0 Å². The fraction of sp³-hybridized carbons (Fsp3) is 0.208. The van der Waals surface area contributed by atoms with Crippen LogP contribution in [0.15, 0.2) is 48.7 Å². The lowest BCUT2D eigenvalue weighted by atomic mass is 9.97. The van der Waals surface area contributed by atoms with Gasteiger partial charge in [-0.05, 0) is 68.0 Å². The van der Waals surface area contributed by atoms with Crippen molar-refractivity contribution in [2.24, 2.45) is 0 Å². The maximum Gasteiger partial charge on any atom is 0.189 e. The highest BCUT2D eigenvalue weighted by molar-refractivity contribution is 6.10. The minimum absolute atomic E-state index is 0.127. The van der Waals surface area contributed by atoms with Gasteiger partial charge in [-0.1, -0.05) is 0 Å². The molecule has 1 aliphatic heterocycles. The van der Waals surface area contributed by atoms with Crippen LogP contribution in [0.4, 0.5) is 0 Å². The van der Waals surface area contributed by atoms with Gasteiger partial charge < -0.3 is 19.2 Å². The zero-order valence-electron chi connectivity index (χ0n) is 16.9. The number of benzene rings is 2. The number of aromatic nitrogens is 1. The van der Waals surface area contributed by atoms with Crippen LogP contribution in [0, 0.1) is 0 Å². The molecular formula is C24H23NO4. The highest BCUT2D eigenvalue weighted by Crippen LogP contribution is 2.40. The molecule has 1 aromatic heterocycles. The molecule has 4 rings (SSSR count). The summed E-state index contributed by atoms with van der Waals surface area (Å²) in [6, 6.07) is 9.35. The molecule has 0 bridgehead atoms. The molecule has 148 valence electrons. The second-order valence-corrected chi connectivity index (χ2v) is 7.45. The standard InChI is InChI=1S/C24H23NO4/c1-24(2)12-11-19-22(28-4)10-8-18(23(19)29-24)21(26)9-5-15-14-25-20-13-16(27-3)6-7-17(15)20/h5-14,25H,1-4H3/b9-5+. The third-order valence-corrected chi connectivity index (χ3v) is 4.99. The summed E-state index contributed by atoms with van der Waals surface area (Å²) in [6.07, 6.45) is 9.17. The molecule has 0 unspecified atom stereocenters. The molecule has 2 heterocycles. The van der Waals surface area contributed by atoms with E-state index in [0.29, 0.717) is 17.1 Å². The molecule has 0 fully saturated rings. The molecule has 5 heteroatoms. The number of fused-ring (bicyclic) bond motifs is 2. The smallest absolute Gasteiger partial charge is 0.189 e. The lowest BCUT2D eigenvalue weighted by Gasteiger charge is -2.29. The first-order valence-corrected chi connectivity index (χ1v) is 9.38. The van der Waals surface area contributed by atoms with E-state index in [2.05, 4.69) is 4.98 Å². The van der Waals surface area contributed by atoms with Crippen LogP contribution in [0.5, 0.6) is 17.2 Å². The molecule has 0 atom stereocenters. The average Bonchev–Trinajstić information content (AvgIpc) is 3.12. The Kier molecular flexibility index (Phi) is 4.66. The monoisotopic (exact) mass is 389 g/mol. The van der Waals surface area contributed by atoms with Gasteiger partial charge in [-0.15, -0.1) is 0 Å². The van der Waals surface area contributed by atoms with Crippen molar-refractivity contribution in [2.75, 3.05) is 14.2 Å². The summed E-state index contributed by atoms with van der Waals surface area (Å²) >= 11 is 0. The topological polar surface area (TPSA) is 60.6 Å². The van der Waals surface area contributed by atoms with Crippen LogP contribution in [-0.2, 0) is 0 Å². The number of carbonyl (C=O) groups excluding carboxylic acids is 1. The Balaban J connectivity index is 1.68. The molecule has 1 aliphatic rings. The van der Waals surface area contributed by atoms with E-state index in [0.717, 1.165) is 27.8 Å². The highest BCUT2D eigenvalue weighted by atomic mass is 16.5. The van der Waals surface area contributed by atoms with Gasteiger partial charge in [-0.25, -0.2) is 0 Å². The minimum Gasteiger partial charge on any atom is -0.497 e. The molecule has 0 spiro atoms. The summed E-state index contributed by atoms with van der Waals surface area (Å²) in [5.74, 6) is 1.88. The third-order valence-electron chi connectivity index (χ3n) is 4.99. The summed E-state index contributed by atoms with van der Waals surface area (Å²) in [4.78, 5) is 16.2. The number of methoxy groups -OCH3 is 2. The number of ether oxygens (including phenoxy) is 3. The predicted molar refractivity (Wildman–Crippen MR) is 115 cm³/mol. The lowest BCUT2D eigenvalue weighted by Crippen LogP contribution is -2.28. The van der Waals surface area contributed by atoms with Crippen LogP contribution in [0.1, 0.15) is 35.3 Å². The zero-order valence-corrected chi connectivity index (χ0v) is 16.9. The summed E-state index contributed by atoms with van der Waals surface area (Å²) in [7, 11) is 3.24. The largest absolute Gasteiger partial charge is 0.497 e. The third kappa shape index (κ3) is 3.51. The Morgan fingerprint density at radius 3 is 2.72 bits per heavy atom. The van der Waals surface area contributed by atoms with Gasteiger partial charge in [0.05, 0.1) is 25.3 Å². The Hall–Kier alpha value is -3.47. The summed E-state index contributed by atoms with van der Waals surface area (Å²) in [5, 5.41) is 1.02. The Bertz CT molecular complexity index is 1150. The zero-order chi connectivity index (χ0) is 20.6. The molecule has 2 aromatic carbocycles. The van der Waals surface area contributed by atoms with Crippen LogP contribution < -0.4 is 14.2 Å². The molecule has 29 heavy (non-hydrogen) atoms. The molecule has 3 aromatic rings. The molecule has 0 amide bonds. The number of H-pyrrole nitrogens is 1. The van der Waals surface area contributed by atoms with Crippen molar-refractivity contribution in [3.63, 3.8) is 0 Å². The summed E-state index contributed by atoms with van der Waals surface area (Å²) in [6.45, 7) is 3.91. The first-order valence-electron chi connectivity index (χ1n) is 9.38. The van der Waals surface area contributed by atoms with Crippen LogP contribution in [0.3, 0.4) is 0 Å². The molecule has 0 saturated carbocycles. The number of rotatable bonds is 5. The number of carbonyl (C=O) groups is 1. The average molecular weight is 389 g/mol. The Morgan fingerprint density at radius 1 is 1.14 bits per heavy atom. The predicted octanol–water partition coefficient (Wildman–Crippen LogP) is 5.27. The quantitative estimate of drug-likeness (QED) is 0.477. The SMILES string of the molecule is COc1ccc2c(/C=C/C(=O)c3ccc(OC)c4c3OC(C)(C)C=C4)c[nH]c2c1. The van der Waals surface area contributed by atoms with Crippen molar-refractivity contribution in [3.8, 4) is 17.2 Å². The fourth-order valence-corrected chi connectivity index (χ4v) is 3.45. The lowest BCUT2D eigenvalue weighted by molar-refractivity contribution is 0.103. The number of allylic oxidation sites excluding steroid dienone is 1. The van der Waals surface area contributed by atoms with E-state index in [1.807, 2.05) is 56.5 Å². The highest BCUT2D eigenvalue weighted by Gasteiger charge is 2.27. The molecule has 5 nitrogen and oxygen atoms in total. The fourth-order valence-electron chi connectivity index (χ4n) is 3.45. The van der Waals surface area contributed by atoms with E-state index in [1.54, 1.807) is 32.4 Å². The second-order valence-electron chi connectivity index (χ2n) is 7.45. The molecular weight excluding hydrogens is 366 g/mol. The van der Waals surface area contributed by atoms with Gasteiger partial charge in [0.2, 0.25) is 0 Å². The van der Waals surface area contributed by atoms with Crippen LogP contribution in [0.25, 0.3) is 23.1 Å². The van der Waals surface area contributed by atoms with Gasteiger partial charge in [0, 0.05) is 23.2 Å². The van der Waals surface area contributed by atoms with Gasteiger partial charge >= 0.3 is 0 Å². The van der Waals surface area contributed by atoms with Crippen molar-refractivity contribution in [1.29, 1.82) is 0 Å². The van der Waals surface area contributed by atoms with Crippen LogP contribution in [0.2, 0.25) is 0 Å². The van der Waals surface area contributed by atoms with E-state index < -0.39 is 5.60 Å². The van der Waals surface area contributed by atoms with E-state index >= 15 is 0 Å². The number of ketones is 1. The Labute approximate surface area is 169 Å². The van der Waals surface area contributed by atoms with Crippen LogP contribution >= 0.6 is 0 Å². The molecule has 0 radical (unpaired) electrons. The van der Waals surface area contributed by atoms with Crippen molar-refractivity contribution in [3.05, 3.63) is 65.4 Å². The van der Waals surface area contributed by atoms with Gasteiger partial charge in [-0.3, -0.25) is 4.79 Å². The number of hydrogen-bond donors (Lipinski definition) is 1. The van der Waals surface area contributed by atoms with Gasteiger partial charge in [0.15, 0.2) is 5.78 Å². The molecule has 0 aliphatic carbocycles. The van der Waals surface area contributed by atoms with Crippen LogP contribution in [-0.4, -0.2) is 30.6 Å². The van der Waals surface area contributed by atoms with E-state index in [4.69, 9.17) is 14.2 Å². The maximum absolute atomic E-state index is 13.0. The summed E-state index contributed by atoms with van der Waals surface area (Å²) in [5.41, 5.74) is 2.68. The van der Waals surface area contributed by atoms with Gasteiger partial charge in [0.25, 0.3) is 0 Å². The number of nitrogens with one attached hydrogen (secondary N) is 1. The van der Waals surface area contributed by atoms with Crippen molar-refractivity contribution in [1.82, 2.24) is 4.98 Å². The number of aromatic amines is 1. The first-order chi connectivity index (χ1) is 13.9. The van der Waals surface area contributed by atoms with Gasteiger partial charge in [0.1, 0.15) is 22.8 Å². The normalized spacial score (nSPS) is 14.6. The molecule has 1 N–H and O–H groups in total. The van der Waals surface area contributed by atoms with E-state index in [9.17, 15) is 4.79 Å². The Morgan fingerprint density at radius 2 is 1.97 bits per heavy atom. The second kappa shape index (κ2) is 7.17. The first kappa shape index (κ1) is 18.9. The van der Waals surface area contributed by atoms with Crippen molar-refractivity contribution >= 4 is 28.8 Å². The van der Waals surface area contributed by atoms with E-state index in [1.165, 1.54) is 0 Å². The molecule has 0 saturated heterocycles. The summed E-state index contributed by atoms with van der Waals surface area (Å²) < 4.78 is 16.8.